The minimum absolute atomic E-state index is 0.305. The van der Waals surface area contributed by atoms with Gasteiger partial charge in [-0.25, -0.2) is 0 Å². The van der Waals surface area contributed by atoms with Crippen LogP contribution in [0.25, 0.3) is 0 Å². The molecule has 1 atom stereocenters. The molecule has 0 bridgehead atoms. The van der Waals surface area contributed by atoms with Crippen molar-refractivity contribution >= 4 is 0 Å². The highest BCUT2D eigenvalue weighted by atomic mass is 19.4. The Labute approximate surface area is 87.5 Å². The first kappa shape index (κ1) is 12.7. The van der Waals surface area contributed by atoms with Gasteiger partial charge >= 0.3 is 6.18 Å². The quantitative estimate of drug-likeness (QED) is 0.761. The highest BCUT2D eigenvalue weighted by molar-refractivity contribution is 4.76. The second-order valence-electron chi connectivity index (χ2n) is 3.79. The van der Waals surface area contributed by atoms with Crippen LogP contribution in [0, 0.1) is 0 Å². The maximum absolute atomic E-state index is 12.1. The van der Waals surface area contributed by atoms with Gasteiger partial charge in [0.15, 0.2) is 6.10 Å². The van der Waals surface area contributed by atoms with Gasteiger partial charge in [0, 0.05) is 32.7 Å². The summed E-state index contributed by atoms with van der Waals surface area (Å²) in [5.41, 5.74) is 0. The average molecular weight is 226 g/mol. The molecule has 1 N–H and O–H groups in total. The van der Waals surface area contributed by atoms with Crippen LogP contribution < -0.4 is 0 Å². The van der Waals surface area contributed by atoms with E-state index in [0.717, 1.165) is 19.6 Å². The van der Waals surface area contributed by atoms with E-state index in [-0.39, 0.29) is 6.54 Å². The van der Waals surface area contributed by atoms with Crippen molar-refractivity contribution in [1.82, 2.24) is 9.80 Å². The SMILES string of the molecule is CCN1CCN(CC(O)C(F)(F)F)CC1. The second-order valence-corrected chi connectivity index (χ2v) is 3.79. The molecule has 0 amide bonds. The maximum Gasteiger partial charge on any atom is 0.415 e. The number of likely N-dealkylation sites (N-methyl/N-ethyl adjacent to an activating group) is 1. The standard InChI is InChI=1S/C9H17F3N2O/c1-2-13-3-5-14(6-4-13)7-8(15)9(10,11)12/h8,15H,2-7H2,1H3. The third kappa shape index (κ3) is 3.96. The van der Waals surface area contributed by atoms with Crippen LogP contribution in [0.15, 0.2) is 0 Å². The zero-order valence-electron chi connectivity index (χ0n) is 8.80. The third-order valence-corrected chi connectivity index (χ3v) is 2.72. The smallest absolute Gasteiger partial charge is 0.382 e. The lowest BCUT2D eigenvalue weighted by molar-refractivity contribution is -0.208. The van der Waals surface area contributed by atoms with Crippen molar-refractivity contribution in [3.8, 4) is 0 Å². The van der Waals surface area contributed by atoms with Crippen molar-refractivity contribution in [2.24, 2.45) is 0 Å². The van der Waals surface area contributed by atoms with Gasteiger partial charge in [0.25, 0.3) is 0 Å². The van der Waals surface area contributed by atoms with Crippen LogP contribution in [0.5, 0.6) is 0 Å². The first-order chi connectivity index (χ1) is 6.93. The van der Waals surface area contributed by atoms with E-state index in [0.29, 0.717) is 13.1 Å². The van der Waals surface area contributed by atoms with Gasteiger partial charge in [0.05, 0.1) is 0 Å². The molecule has 15 heavy (non-hydrogen) atoms. The second kappa shape index (κ2) is 5.14. The number of aliphatic hydroxyl groups excluding tert-OH is 1. The predicted octanol–water partition coefficient (Wildman–Crippen LogP) is 0.547. The van der Waals surface area contributed by atoms with Gasteiger partial charge < -0.3 is 10.0 Å². The summed E-state index contributed by atoms with van der Waals surface area (Å²) >= 11 is 0. The lowest BCUT2D eigenvalue weighted by Gasteiger charge is -2.35. The Morgan fingerprint density at radius 1 is 1.13 bits per heavy atom. The van der Waals surface area contributed by atoms with E-state index in [2.05, 4.69) is 4.90 Å². The van der Waals surface area contributed by atoms with Crippen molar-refractivity contribution in [2.75, 3.05) is 39.3 Å². The Hall–Kier alpha value is -0.330. The number of aliphatic hydroxyl groups is 1. The highest BCUT2D eigenvalue weighted by Gasteiger charge is 2.39. The van der Waals surface area contributed by atoms with E-state index in [1.54, 1.807) is 4.90 Å². The molecule has 1 aliphatic heterocycles. The summed E-state index contributed by atoms with van der Waals surface area (Å²) < 4.78 is 36.2. The average Bonchev–Trinajstić information content (AvgIpc) is 2.17. The van der Waals surface area contributed by atoms with Gasteiger partial charge in [-0.15, -0.1) is 0 Å². The number of nitrogens with zero attached hydrogens (tertiary/aromatic N) is 2. The zero-order valence-corrected chi connectivity index (χ0v) is 8.80. The highest BCUT2D eigenvalue weighted by Crippen LogP contribution is 2.20. The van der Waals surface area contributed by atoms with Crippen molar-refractivity contribution in [3.05, 3.63) is 0 Å². The molecule has 1 rings (SSSR count). The summed E-state index contributed by atoms with van der Waals surface area (Å²) in [7, 11) is 0. The zero-order chi connectivity index (χ0) is 11.5. The number of piperazine rings is 1. The van der Waals surface area contributed by atoms with Gasteiger partial charge in [-0.1, -0.05) is 6.92 Å². The number of rotatable bonds is 3. The van der Waals surface area contributed by atoms with E-state index in [4.69, 9.17) is 5.11 Å². The molecule has 6 heteroatoms. The predicted molar refractivity (Wildman–Crippen MR) is 50.6 cm³/mol. The van der Waals surface area contributed by atoms with E-state index in [9.17, 15) is 13.2 Å². The van der Waals surface area contributed by atoms with Crippen LogP contribution in [-0.2, 0) is 0 Å². The van der Waals surface area contributed by atoms with Gasteiger partial charge in [0.1, 0.15) is 0 Å². The first-order valence-corrected chi connectivity index (χ1v) is 5.13. The molecule has 0 spiro atoms. The molecule has 3 nitrogen and oxygen atoms in total. The fourth-order valence-electron chi connectivity index (χ4n) is 1.64. The van der Waals surface area contributed by atoms with Crippen LogP contribution in [0.3, 0.4) is 0 Å². The normalized spacial score (nSPS) is 23.0. The molecule has 0 aliphatic carbocycles. The summed E-state index contributed by atoms with van der Waals surface area (Å²) in [5, 5.41) is 8.88. The van der Waals surface area contributed by atoms with E-state index >= 15 is 0 Å². The fraction of sp³-hybridized carbons (Fsp3) is 1.00. The summed E-state index contributed by atoms with van der Waals surface area (Å²) in [6, 6.07) is 0. The molecule has 1 unspecified atom stereocenters. The van der Waals surface area contributed by atoms with Gasteiger partial charge in [0.2, 0.25) is 0 Å². The van der Waals surface area contributed by atoms with Crippen molar-refractivity contribution in [1.29, 1.82) is 0 Å². The molecule has 0 radical (unpaired) electrons. The molecule has 0 aromatic heterocycles. The van der Waals surface area contributed by atoms with Crippen LogP contribution in [0.2, 0.25) is 0 Å². The first-order valence-electron chi connectivity index (χ1n) is 5.13. The number of halogens is 3. The van der Waals surface area contributed by atoms with E-state index in [1.165, 1.54) is 0 Å². The van der Waals surface area contributed by atoms with Crippen molar-refractivity contribution < 1.29 is 18.3 Å². The summed E-state index contributed by atoms with van der Waals surface area (Å²) in [6.45, 7) is 5.40. The molecule has 1 heterocycles. The Morgan fingerprint density at radius 2 is 1.60 bits per heavy atom. The molecule has 1 fully saturated rings. The largest absolute Gasteiger partial charge is 0.415 e. The molecule has 0 aromatic rings. The molecular weight excluding hydrogens is 209 g/mol. The Bertz CT molecular complexity index is 190. The molecule has 1 saturated heterocycles. The van der Waals surface area contributed by atoms with Crippen molar-refractivity contribution in [3.63, 3.8) is 0 Å². The Morgan fingerprint density at radius 3 is 2.00 bits per heavy atom. The fourth-order valence-corrected chi connectivity index (χ4v) is 1.64. The monoisotopic (exact) mass is 226 g/mol. The molecule has 0 saturated carbocycles. The Balaban J connectivity index is 2.29. The van der Waals surface area contributed by atoms with E-state index < -0.39 is 12.3 Å². The maximum atomic E-state index is 12.1. The minimum atomic E-state index is -4.50. The lowest BCUT2D eigenvalue weighted by atomic mass is 10.2. The lowest BCUT2D eigenvalue weighted by Crippen LogP contribution is -2.50. The van der Waals surface area contributed by atoms with Crippen molar-refractivity contribution in [2.45, 2.75) is 19.2 Å². The van der Waals surface area contributed by atoms with E-state index in [1.807, 2.05) is 6.92 Å². The summed E-state index contributed by atoms with van der Waals surface area (Å²) in [4.78, 5) is 3.83. The minimum Gasteiger partial charge on any atom is -0.382 e. The van der Waals surface area contributed by atoms with Crippen LogP contribution >= 0.6 is 0 Å². The molecular formula is C9H17F3N2O. The number of hydrogen-bond donors (Lipinski definition) is 1. The topological polar surface area (TPSA) is 26.7 Å². The molecule has 1 aliphatic rings. The van der Waals surface area contributed by atoms with Gasteiger partial charge in [-0.3, -0.25) is 4.90 Å². The molecule has 90 valence electrons. The van der Waals surface area contributed by atoms with Gasteiger partial charge in [-0.2, -0.15) is 13.2 Å². The third-order valence-electron chi connectivity index (χ3n) is 2.72. The van der Waals surface area contributed by atoms with Crippen LogP contribution in [-0.4, -0.2) is 66.5 Å². The number of alkyl halides is 3. The summed E-state index contributed by atoms with van der Waals surface area (Å²) in [6.07, 6.45) is -6.72. The Kier molecular flexibility index (Phi) is 4.36. The van der Waals surface area contributed by atoms with Crippen LogP contribution in [0.4, 0.5) is 13.2 Å². The van der Waals surface area contributed by atoms with Gasteiger partial charge in [-0.05, 0) is 6.54 Å². The number of hydrogen-bond acceptors (Lipinski definition) is 3. The molecule has 0 aromatic carbocycles. The summed E-state index contributed by atoms with van der Waals surface area (Å²) in [5.74, 6) is 0. The van der Waals surface area contributed by atoms with Crippen LogP contribution in [0.1, 0.15) is 6.92 Å². The number of β-amino-alcohol motifs (C(OH)–C–C–N with tert-alkyl or cyclic N) is 1.